The Morgan fingerprint density at radius 3 is 1.38 bits per heavy atom. The summed E-state index contributed by atoms with van der Waals surface area (Å²) >= 11 is 0. The minimum absolute atomic E-state index is 0.116. The molecule has 0 aromatic heterocycles. The van der Waals surface area contributed by atoms with Crippen molar-refractivity contribution in [3.63, 3.8) is 0 Å². The lowest BCUT2D eigenvalue weighted by molar-refractivity contribution is -0.297. The Labute approximate surface area is 414 Å². The summed E-state index contributed by atoms with van der Waals surface area (Å²) in [4.78, 5) is 25.5. The molecule has 1 aliphatic heterocycles. The van der Waals surface area contributed by atoms with Gasteiger partial charge < -0.3 is 34.3 Å². The predicted octanol–water partition coefficient (Wildman–Crippen LogP) is 12.9. The number of aliphatic hydroxyl groups is 3. The van der Waals surface area contributed by atoms with Crippen molar-refractivity contribution in [1.29, 1.82) is 0 Å². The van der Waals surface area contributed by atoms with Gasteiger partial charge in [-0.05, 0) is 64.2 Å². The Balaban J connectivity index is 2.35. The first-order valence-corrected chi connectivity index (χ1v) is 29.2. The monoisotopic (exact) mass is 985 g/mol. The van der Waals surface area contributed by atoms with E-state index in [0.29, 0.717) is 19.3 Å². The second-order valence-corrected chi connectivity index (χ2v) is 20.7. The SMILES string of the molecule is CCCCC/C=C/C/C=C/CCCCCCCCCC(=O)OC[C@H](CO[C@H]1O[C@H](CS(=O)(=O)O)[C@@H](O)C(O)C1O)OC(=O)CCC/C=C/CCCCCCCCCCCCCCCCCCCC. The van der Waals surface area contributed by atoms with Crippen LogP contribution in [0, 0.1) is 0 Å². The van der Waals surface area contributed by atoms with Gasteiger partial charge in [-0.25, -0.2) is 0 Å². The molecular weight excluding hydrogens is 885 g/mol. The van der Waals surface area contributed by atoms with Crippen molar-refractivity contribution in [3.8, 4) is 0 Å². The van der Waals surface area contributed by atoms with E-state index in [4.69, 9.17) is 18.9 Å². The minimum Gasteiger partial charge on any atom is -0.462 e. The van der Waals surface area contributed by atoms with Crippen LogP contribution in [-0.2, 0) is 38.7 Å². The normalized spacial score (nSPS) is 19.4. The maximum Gasteiger partial charge on any atom is 0.306 e. The smallest absolute Gasteiger partial charge is 0.306 e. The molecule has 0 amide bonds. The van der Waals surface area contributed by atoms with Crippen LogP contribution in [0.1, 0.15) is 245 Å². The quantitative estimate of drug-likeness (QED) is 0.0196. The average Bonchev–Trinajstić information content (AvgIpc) is 3.31. The Hall–Kier alpha value is -2.13. The zero-order valence-corrected chi connectivity index (χ0v) is 43.8. The molecule has 398 valence electrons. The Bertz CT molecular complexity index is 1380. The van der Waals surface area contributed by atoms with E-state index in [0.717, 1.165) is 51.4 Å². The van der Waals surface area contributed by atoms with E-state index in [9.17, 15) is 37.9 Å². The summed E-state index contributed by atoms with van der Waals surface area (Å²) < 4.78 is 54.3. The van der Waals surface area contributed by atoms with Crippen molar-refractivity contribution in [2.45, 2.75) is 282 Å². The highest BCUT2D eigenvalue weighted by atomic mass is 32.2. The Morgan fingerprint density at radius 2 is 0.897 bits per heavy atom. The van der Waals surface area contributed by atoms with E-state index in [1.165, 1.54) is 148 Å². The topological polar surface area (TPSA) is 186 Å². The Morgan fingerprint density at radius 1 is 0.500 bits per heavy atom. The molecule has 1 rings (SSSR count). The number of carbonyl (C=O) groups excluding carboxylic acids is 2. The molecule has 68 heavy (non-hydrogen) atoms. The van der Waals surface area contributed by atoms with Crippen molar-refractivity contribution in [2.24, 2.45) is 0 Å². The third kappa shape index (κ3) is 38.6. The van der Waals surface area contributed by atoms with Crippen LogP contribution >= 0.6 is 0 Å². The second kappa shape index (κ2) is 44.8. The lowest BCUT2D eigenvalue weighted by Gasteiger charge is -2.40. The molecule has 1 heterocycles. The first kappa shape index (κ1) is 63.9. The molecule has 0 spiro atoms. The van der Waals surface area contributed by atoms with Crippen molar-refractivity contribution in [2.75, 3.05) is 19.0 Å². The fourth-order valence-electron chi connectivity index (χ4n) is 8.42. The number of unbranched alkanes of at least 4 members (excludes halogenated alkanes) is 29. The number of ether oxygens (including phenoxy) is 4. The fraction of sp³-hybridized carbons (Fsp3) is 0.855. The molecule has 0 bridgehead atoms. The van der Waals surface area contributed by atoms with Crippen LogP contribution in [-0.4, -0.2) is 96.0 Å². The molecule has 0 radical (unpaired) electrons. The van der Waals surface area contributed by atoms with Gasteiger partial charge in [0.2, 0.25) is 0 Å². The van der Waals surface area contributed by atoms with Gasteiger partial charge in [0, 0.05) is 12.8 Å². The maximum absolute atomic E-state index is 12.9. The van der Waals surface area contributed by atoms with Gasteiger partial charge in [0.25, 0.3) is 10.1 Å². The Kier molecular flexibility index (Phi) is 42.1. The van der Waals surface area contributed by atoms with Gasteiger partial charge in [-0.2, -0.15) is 8.42 Å². The van der Waals surface area contributed by atoms with Crippen LogP contribution in [0.5, 0.6) is 0 Å². The molecule has 0 aromatic rings. The van der Waals surface area contributed by atoms with Crippen LogP contribution in [0.4, 0.5) is 0 Å². The lowest BCUT2D eigenvalue weighted by atomic mass is 10.00. The van der Waals surface area contributed by atoms with Gasteiger partial charge in [0.15, 0.2) is 12.4 Å². The molecule has 0 saturated carbocycles. The molecule has 1 aliphatic rings. The number of carbonyl (C=O) groups is 2. The summed E-state index contributed by atoms with van der Waals surface area (Å²) in [6, 6.07) is 0. The maximum atomic E-state index is 12.9. The van der Waals surface area contributed by atoms with E-state index in [1.807, 2.05) is 0 Å². The summed E-state index contributed by atoms with van der Waals surface area (Å²) in [5.74, 6) is -2.02. The van der Waals surface area contributed by atoms with Crippen LogP contribution in [0.3, 0.4) is 0 Å². The van der Waals surface area contributed by atoms with Gasteiger partial charge in [-0.3, -0.25) is 14.1 Å². The molecule has 1 fully saturated rings. The van der Waals surface area contributed by atoms with Crippen LogP contribution in [0.25, 0.3) is 0 Å². The predicted molar refractivity (Wildman–Crippen MR) is 275 cm³/mol. The molecule has 4 N–H and O–H groups in total. The number of hydrogen-bond acceptors (Lipinski definition) is 11. The summed E-state index contributed by atoms with van der Waals surface area (Å²) in [6.45, 7) is 3.75. The van der Waals surface area contributed by atoms with E-state index in [-0.39, 0.29) is 19.4 Å². The highest BCUT2D eigenvalue weighted by Gasteiger charge is 2.46. The number of esters is 2. The highest BCUT2D eigenvalue weighted by Crippen LogP contribution is 2.24. The third-order valence-electron chi connectivity index (χ3n) is 12.7. The van der Waals surface area contributed by atoms with Crippen LogP contribution < -0.4 is 0 Å². The average molecular weight is 985 g/mol. The highest BCUT2D eigenvalue weighted by molar-refractivity contribution is 7.85. The van der Waals surface area contributed by atoms with Gasteiger partial charge in [0.1, 0.15) is 36.8 Å². The molecule has 1 saturated heterocycles. The van der Waals surface area contributed by atoms with E-state index in [1.54, 1.807) is 0 Å². The summed E-state index contributed by atoms with van der Waals surface area (Å²) in [7, 11) is -4.61. The summed E-state index contributed by atoms with van der Waals surface area (Å²) in [5, 5.41) is 31.0. The summed E-state index contributed by atoms with van der Waals surface area (Å²) in [5.41, 5.74) is 0. The number of aliphatic hydroxyl groups excluding tert-OH is 3. The van der Waals surface area contributed by atoms with E-state index in [2.05, 4.69) is 50.3 Å². The van der Waals surface area contributed by atoms with E-state index < -0.39 is 71.2 Å². The molecule has 13 heteroatoms. The van der Waals surface area contributed by atoms with Crippen molar-refractivity contribution in [1.82, 2.24) is 0 Å². The molecule has 0 aliphatic carbocycles. The van der Waals surface area contributed by atoms with Crippen LogP contribution in [0.2, 0.25) is 0 Å². The lowest BCUT2D eigenvalue weighted by Crippen LogP contribution is -2.60. The fourth-order valence-corrected chi connectivity index (χ4v) is 9.11. The summed E-state index contributed by atoms with van der Waals surface area (Å²) in [6.07, 6.45) is 44.8. The molecule has 2 unspecified atom stereocenters. The molecule has 6 atom stereocenters. The standard InChI is InChI=1S/C55H100O12S/c1-3-5-7-9-11-13-15-17-19-21-22-23-24-25-26-28-30-32-34-36-38-40-42-44-51(57)66-48(46-65-55-54(60)53(59)52(58)49(67-55)47-68(61,62)63)45-64-50(56)43-41-39-37-35-33-31-29-27-20-18-16-14-12-10-8-6-4-2/h12,14,18,20,36,38,48-49,52-55,58-60H,3-11,13,15-17,19,21-35,37,39-47H2,1-2H3,(H,61,62,63)/b14-12+,20-18+,38-36+/t48-,49-,52-,53?,54?,55+/m1/s1. The molecular formula is C55H100O12S. The van der Waals surface area contributed by atoms with Gasteiger partial charge in [0.05, 0.1) is 6.61 Å². The van der Waals surface area contributed by atoms with Gasteiger partial charge in [-0.1, -0.05) is 204 Å². The largest absolute Gasteiger partial charge is 0.462 e. The third-order valence-corrected chi connectivity index (χ3v) is 13.4. The number of hydrogen-bond donors (Lipinski definition) is 4. The number of allylic oxidation sites excluding steroid dienone is 6. The van der Waals surface area contributed by atoms with Crippen LogP contribution in [0.15, 0.2) is 36.5 Å². The zero-order chi connectivity index (χ0) is 49.8. The minimum atomic E-state index is -4.61. The van der Waals surface area contributed by atoms with Crippen molar-refractivity contribution >= 4 is 22.1 Å². The van der Waals surface area contributed by atoms with Crippen molar-refractivity contribution < 1.29 is 56.8 Å². The molecule has 12 nitrogen and oxygen atoms in total. The van der Waals surface area contributed by atoms with E-state index >= 15 is 0 Å². The zero-order valence-electron chi connectivity index (χ0n) is 43.0. The van der Waals surface area contributed by atoms with Crippen molar-refractivity contribution in [3.05, 3.63) is 36.5 Å². The number of rotatable bonds is 47. The van der Waals surface area contributed by atoms with Gasteiger partial charge >= 0.3 is 11.9 Å². The first-order chi connectivity index (χ1) is 33.0. The second-order valence-electron chi connectivity index (χ2n) is 19.2. The van der Waals surface area contributed by atoms with Gasteiger partial charge in [-0.15, -0.1) is 0 Å². The molecule has 0 aromatic carbocycles. The first-order valence-electron chi connectivity index (χ1n) is 27.5.